The first-order valence-electron chi connectivity index (χ1n) is 11.5. The highest BCUT2D eigenvalue weighted by atomic mass is 19.2. The van der Waals surface area contributed by atoms with Crippen molar-refractivity contribution in [3.63, 3.8) is 0 Å². The quantitative estimate of drug-likeness (QED) is 0.273. The van der Waals surface area contributed by atoms with Gasteiger partial charge in [-0.3, -0.25) is 0 Å². The van der Waals surface area contributed by atoms with Crippen LogP contribution in [0.4, 0.5) is 18.0 Å². The summed E-state index contributed by atoms with van der Waals surface area (Å²) in [6.45, 7) is 8.72. The van der Waals surface area contributed by atoms with Crippen molar-refractivity contribution in [2.24, 2.45) is 0 Å². The summed E-state index contributed by atoms with van der Waals surface area (Å²) in [6.07, 6.45) is 1.28. The van der Waals surface area contributed by atoms with E-state index < -0.39 is 23.5 Å². The minimum absolute atomic E-state index is 0.0606. The van der Waals surface area contributed by atoms with E-state index in [1.165, 1.54) is 0 Å². The Balaban J connectivity index is 1.86. The van der Waals surface area contributed by atoms with Gasteiger partial charge < -0.3 is 14.2 Å². The van der Waals surface area contributed by atoms with Crippen LogP contribution in [0.5, 0.6) is 5.75 Å². The molecule has 0 radical (unpaired) electrons. The average molecular weight is 481 g/mol. The zero-order chi connectivity index (χ0) is 25.3. The van der Waals surface area contributed by atoms with Crippen LogP contribution in [0, 0.1) is 31.3 Å². The molecule has 0 unspecified atom stereocenters. The second-order valence-electron chi connectivity index (χ2n) is 8.59. The second kappa shape index (κ2) is 9.86. The lowest BCUT2D eigenvalue weighted by Crippen LogP contribution is -2.33. The smallest absolute Gasteiger partial charge is 0.410 e. The highest BCUT2D eigenvalue weighted by Crippen LogP contribution is 2.39. The molecule has 0 spiro atoms. The molecule has 4 nitrogen and oxygen atoms in total. The normalized spacial score (nSPS) is 11.2. The van der Waals surface area contributed by atoms with Crippen molar-refractivity contribution < 1.29 is 22.7 Å². The molecule has 4 rings (SSSR count). The molecule has 4 aromatic rings. The van der Waals surface area contributed by atoms with E-state index in [4.69, 9.17) is 4.74 Å². The first kappa shape index (κ1) is 24.4. The Morgan fingerprint density at radius 2 is 1.63 bits per heavy atom. The number of hydrogen-bond donors (Lipinski definition) is 0. The lowest BCUT2D eigenvalue weighted by molar-refractivity contribution is 0.157. The van der Waals surface area contributed by atoms with Gasteiger partial charge in [-0.25, -0.2) is 18.0 Å². The number of fused-ring (bicyclic) bond motifs is 1. The summed E-state index contributed by atoms with van der Waals surface area (Å²) in [5.74, 6) is -2.73. The van der Waals surface area contributed by atoms with Crippen LogP contribution in [0.3, 0.4) is 0 Å². The number of carbonyl (C=O) groups excluding carboxylic acids is 1. The summed E-state index contributed by atoms with van der Waals surface area (Å²) in [5, 5.41) is 0.775. The fourth-order valence-electron chi connectivity index (χ4n) is 4.44. The molecular weight excluding hydrogens is 453 g/mol. The number of ether oxygens (including phenoxy) is 1. The predicted molar refractivity (Wildman–Crippen MR) is 131 cm³/mol. The Morgan fingerprint density at radius 3 is 2.29 bits per heavy atom. The van der Waals surface area contributed by atoms with Crippen LogP contribution in [0.2, 0.25) is 0 Å². The molecule has 0 saturated heterocycles. The fourth-order valence-corrected chi connectivity index (χ4v) is 4.44. The number of rotatable bonds is 6. The van der Waals surface area contributed by atoms with E-state index in [1.54, 1.807) is 27.8 Å². The summed E-state index contributed by atoms with van der Waals surface area (Å²) in [5.41, 5.74) is 4.32. The molecule has 1 heterocycles. The van der Waals surface area contributed by atoms with Gasteiger partial charge in [0.15, 0.2) is 11.6 Å². The molecule has 0 N–H and O–H groups in total. The maximum atomic E-state index is 14.3. The monoisotopic (exact) mass is 480 g/mol. The van der Waals surface area contributed by atoms with Crippen LogP contribution in [-0.4, -0.2) is 28.6 Å². The molecule has 0 aliphatic rings. The van der Waals surface area contributed by atoms with Gasteiger partial charge in [0, 0.05) is 47.4 Å². The van der Waals surface area contributed by atoms with Gasteiger partial charge >= 0.3 is 6.09 Å². The van der Waals surface area contributed by atoms with Crippen molar-refractivity contribution >= 4 is 17.0 Å². The zero-order valence-corrected chi connectivity index (χ0v) is 20.2. The molecule has 35 heavy (non-hydrogen) atoms. The molecule has 0 fully saturated rings. The van der Waals surface area contributed by atoms with Crippen LogP contribution >= 0.6 is 0 Å². The summed E-state index contributed by atoms with van der Waals surface area (Å²) in [7, 11) is 0. The van der Waals surface area contributed by atoms with Crippen LogP contribution in [0.25, 0.3) is 22.0 Å². The van der Waals surface area contributed by atoms with E-state index >= 15 is 0 Å². The average Bonchev–Trinajstić information content (AvgIpc) is 3.19. The fraction of sp³-hybridized carbons (Fsp3) is 0.250. The van der Waals surface area contributed by atoms with E-state index in [-0.39, 0.29) is 12.1 Å². The first-order chi connectivity index (χ1) is 16.7. The zero-order valence-electron chi connectivity index (χ0n) is 20.2. The summed E-state index contributed by atoms with van der Waals surface area (Å²) in [6, 6.07) is 12.9. The number of halogens is 3. The number of hydrogen-bond acceptors (Lipinski definition) is 2. The lowest BCUT2D eigenvalue weighted by atomic mass is 9.97. The van der Waals surface area contributed by atoms with Crippen LogP contribution in [0.15, 0.2) is 54.7 Å². The molecule has 7 heteroatoms. The third-order valence-electron chi connectivity index (χ3n) is 6.05. The van der Waals surface area contributed by atoms with Gasteiger partial charge in [-0.2, -0.15) is 0 Å². The van der Waals surface area contributed by atoms with Crippen LogP contribution in [-0.2, 0) is 6.54 Å². The Bertz CT molecular complexity index is 1390. The minimum atomic E-state index is -1.22. The highest BCUT2D eigenvalue weighted by Gasteiger charge is 2.20. The first-order valence-corrected chi connectivity index (χ1v) is 11.5. The predicted octanol–water partition coefficient (Wildman–Crippen LogP) is 7.23. The molecule has 3 aromatic carbocycles. The van der Waals surface area contributed by atoms with Crippen molar-refractivity contribution in [2.75, 3.05) is 13.1 Å². The van der Waals surface area contributed by atoms with E-state index in [0.29, 0.717) is 30.4 Å². The van der Waals surface area contributed by atoms with E-state index in [1.807, 2.05) is 45.9 Å². The molecule has 0 saturated carbocycles. The van der Waals surface area contributed by atoms with Gasteiger partial charge in [0.25, 0.3) is 0 Å². The maximum Gasteiger partial charge on any atom is 0.415 e. The van der Waals surface area contributed by atoms with Gasteiger partial charge in [0.1, 0.15) is 11.6 Å². The number of aryl methyl sites for hydroxylation is 2. The van der Waals surface area contributed by atoms with Crippen molar-refractivity contribution in [3.8, 4) is 16.9 Å². The molecule has 1 amide bonds. The van der Waals surface area contributed by atoms with Gasteiger partial charge in [-0.15, -0.1) is 0 Å². The molecule has 0 aliphatic carbocycles. The Labute approximate surface area is 202 Å². The van der Waals surface area contributed by atoms with Gasteiger partial charge in [-0.1, -0.05) is 29.3 Å². The number of nitrogens with zero attached hydrogens (tertiary/aromatic N) is 2. The Morgan fingerprint density at radius 1 is 0.943 bits per heavy atom. The molecule has 0 atom stereocenters. The van der Waals surface area contributed by atoms with Crippen LogP contribution < -0.4 is 4.74 Å². The maximum absolute atomic E-state index is 14.3. The largest absolute Gasteiger partial charge is 0.415 e. The van der Waals surface area contributed by atoms with E-state index in [0.717, 1.165) is 33.7 Å². The standard InChI is InChI=1S/C28H27F3N2O2/c1-5-32(6-2)28(34)35-25-8-7-24-22(26(25)19-12-17(3)11-18(4)13-19)9-10-33(24)16-20-14-21(29)15-23(30)27(20)31/h7-15H,5-6,16H2,1-4H3. The molecule has 1 aromatic heterocycles. The Kier molecular flexibility index (Phi) is 6.87. The third kappa shape index (κ3) is 4.90. The Hall–Kier alpha value is -3.74. The molecule has 0 bridgehead atoms. The van der Waals surface area contributed by atoms with E-state index in [2.05, 4.69) is 6.07 Å². The van der Waals surface area contributed by atoms with Crippen LogP contribution in [0.1, 0.15) is 30.5 Å². The third-order valence-corrected chi connectivity index (χ3v) is 6.05. The number of aromatic nitrogens is 1. The lowest BCUT2D eigenvalue weighted by Gasteiger charge is -2.20. The summed E-state index contributed by atoms with van der Waals surface area (Å²) in [4.78, 5) is 14.3. The number of amides is 1. The molecular formula is C28H27F3N2O2. The number of benzene rings is 3. The molecule has 182 valence electrons. The van der Waals surface area contributed by atoms with E-state index in [9.17, 15) is 18.0 Å². The van der Waals surface area contributed by atoms with Crippen molar-refractivity contribution in [1.29, 1.82) is 0 Å². The van der Waals surface area contributed by atoms with Crippen molar-refractivity contribution in [3.05, 3.63) is 88.9 Å². The van der Waals surface area contributed by atoms with Gasteiger partial charge in [0.05, 0.1) is 6.54 Å². The van der Waals surface area contributed by atoms with Crippen molar-refractivity contribution in [1.82, 2.24) is 9.47 Å². The minimum Gasteiger partial charge on any atom is -0.410 e. The summed E-state index contributed by atoms with van der Waals surface area (Å²) >= 11 is 0. The highest BCUT2D eigenvalue weighted by molar-refractivity contribution is 6.00. The SMILES string of the molecule is CCN(CC)C(=O)Oc1ccc2c(ccn2Cc2cc(F)cc(F)c2F)c1-c1cc(C)cc(C)c1. The molecule has 0 aliphatic heterocycles. The summed E-state index contributed by atoms with van der Waals surface area (Å²) < 4.78 is 49.4. The van der Waals surface area contributed by atoms with Gasteiger partial charge in [-0.05, 0) is 57.5 Å². The number of carbonyl (C=O) groups is 1. The van der Waals surface area contributed by atoms with Crippen molar-refractivity contribution in [2.45, 2.75) is 34.2 Å². The topological polar surface area (TPSA) is 34.5 Å². The second-order valence-corrected chi connectivity index (χ2v) is 8.59. The van der Waals surface area contributed by atoms with Gasteiger partial charge in [0.2, 0.25) is 0 Å².